The Morgan fingerprint density at radius 1 is 1.16 bits per heavy atom. The minimum Gasteiger partial charge on any atom is -0.369 e. The van der Waals surface area contributed by atoms with Crippen LogP contribution in [0.5, 0.6) is 0 Å². The van der Waals surface area contributed by atoms with Crippen molar-refractivity contribution in [1.29, 1.82) is 0 Å². The van der Waals surface area contributed by atoms with E-state index in [2.05, 4.69) is 20.0 Å². The van der Waals surface area contributed by atoms with E-state index in [0.717, 1.165) is 0 Å². The maximum absolute atomic E-state index is 12.3. The van der Waals surface area contributed by atoms with Gasteiger partial charge < -0.3 is 5.32 Å². The van der Waals surface area contributed by atoms with Gasteiger partial charge in [-0.05, 0) is 31.2 Å². The van der Waals surface area contributed by atoms with Gasteiger partial charge in [0.25, 0.3) is 10.0 Å². The molecule has 2 rings (SSSR count). The molecule has 0 radical (unpaired) electrons. The summed E-state index contributed by atoms with van der Waals surface area (Å²) in [6.45, 7) is 2.47. The summed E-state index contributed by atoms with van der Waals surface area (Å²) in [5.74, 6) is 0.339. The molecule has 0 spiro atoms. The first-order valence-electron chi connectivity index (χ1n) is 5.75. The largest absolute Gasteiger partial charge is 0.369 e. The summed E-state index contributed by atoms with van der Waals surface area (Å²) >= 11 is 0. The van der Waals surface area contributed by atoms with E-state index in [-0.39, 0.29) is 4.90 Å². The number of aromatic nitrogens is 2. The number of sulfonamides is 1. The average molecular weight is 278 g/mol. The van der Waals surface area contributed by atoms with Crippen molar-refractivity contribution in [3.8, 4) is 0 Å². The van der Waals surface area contributed by atoms with E-state index in [9.17, 15) is 8.42 Å². The van der Waals surface area contributed by atoms with Crippen LogP contribution in [0.4, 0.5) is 11.5 Å². The van der Waals surface area contributed by atoms with Crippen LogP contribution < -0.4 is 10.0 Å². The number of pyridine rings is 2. The fourth-order valence-electron chi connectivity index (χ4n) is 1.54. The zero-order chi connectivity index (χ0) is 13.7. The highest BCUT2D eigenvalue weighted by Crippen LogP contribution is 2.20. The molecular weight excluding hydrogens is 264 g/mol. The van der Waals surface area contributed by atoms with Crippen LogP contribution in [0.1, 0.15) is 6.92 Å². The quantitative estimate of drug-likeness (QED) is 0.869. The van der Waals surface area contributed by atoms with E-state index in [0.29, 0.717) is 18.1 Å². The molecule has 7 heteroatoms. The highest BCUT2D eigenvalue weighted by molar-refractivity contribution is 7.92. The molecule has 0 bridgehead atoms. The van der Waals surface area contributed by atoms with Gasteiger partial charge >= 0.3 is 0 Å². The molecule has 0 aliphatic heterocycles. The molecule has 19 heavy (non-hydrogen) atoms. The summed E-state index contributed by atoms with van der Waals surface area (Å²) in [4.78, 5) is 7.99. The van der Waals surface area contributed by atoms with Crippen LogP contribution >= 0.6 is 0 Å². The molecule has 0 unspecified atom stereocenters. The minimum absolute atomic E-state index is 0.119. The Kier molecular flexibility index (Phi) is 3.96. The maximum atomic E-state index is 12.3. The van der Waals surface area contributed by atoms with Crippen molar-refractivity contribution >= 4 is 21.5 Å². The molecule has 2 N–H and O–H groups in total. The second-order valence-electron chi connectivity index (χ2n) is 3.72. The van der Waals surface area contributed by atoms with E-state index in [1.54, 1.807) is 24.4 Å². The molecule has 0 atom stereocenters. The molecule has 0 aliphatic carbocycles. The minimum atomic E-state index is -3.67. The van der Waals surface area contributed by atoms with E-state index < -0.39 is 10.0 Å². The van der Waals surface area contributed by atoms with Gasteiger partial charge in [-0.15, -0.1) is 0 Å². The molecule has 0 saturated carbocycles. The third kappa shape index (κ3) is 3.19. The molecule has 100 valence electrons. The smallest absolute Gasteiger partial charge is 0.265 e. The topological polar surface area (TPSA) is 84.0 Å². The lowest BCUT2D eigenvalue weighted by Gasteiger charge is -2.11. The van der Waals surface area contributed by atoms with E-state index >= 15 is 0 Å². The van der Waals surface area contributed by atoms with Crippen molar-refractivity contribution in [2.45, 2.75) is 11.8 Å². The molecule has 0 aromatic carbocycles. The Morgan fingerprint density at radius 3 is 2.58 bits per heavy atom. The van der Waals surface area contributed by atoms with Gasteiger partial charge in [0, 0.05) is 25.1 Å². The van der Waals surface area contributed by atoms with E-state index in [1.165, 1.54) is 18.5 Å². The molecule has 6 nitrogen and oxygen atoms in total. The van der Waals surface area contributed by atoms with E-state index in [1.807, 2.05) is 6.92 Å². The predicted octanol–water partition coefficient (Wildman–Crippen LogP) is 1.71. The van der Waals surface area contributed by atoms with Crippen LogP contribution in [0, 0.1) is 0 Å². The first-order valence-corrected chi connectivity index (χ1v) is 7.23. The fraction of sp³-hybridized carbons (Fsp3) is 0.167. The Bertz CT molecular complexity index is 644. The molecule has 0 saturated heterocycles. The SMILES string of the molecule is CCNc1ncccc1S(=O)(=O)Nc1ccncc1. The number of nitrogens with one attached hydrogen (secondary N) is 2. The van der Waals surface area contributed by atoms with Crippen molar-refractivity contribution in [3.63, 3.8) is 0 Å². The average Bonchev–Trinajstić information content (AvgIpc) is 2.40. The number of hydrogen-bond donors (Lipinski definition) is 2. The number of nitrogens with zero attached hydrogens (tertiary/aromatic N) is 2. The second-order valence-corrected chi connectivity index (χ2v) is 5.37. The van der Waals surface area contributed by atoms with Gasteiger partial charge in [-0.3, -0.25) is 9.71 Å². The zero-order valence-corrected chi connectivity index (χ0v) is 11.2. The standard InChI is InChI=1S/C12H14N4O2S/c1-2-14-12-11(4-3-7-15-12)19(17,18)16-10-5-8-13-9-6-10/h3-9H,2H2,1H3,(H,13,16)(H,14,15). The number of anilines is 2. The Labute approximate surface area is 112 Å². The van der Waals surface area contributed by atoms with Gasteiger partial charge in [0.1, 0.15) is 10.7 Å². The monoisotopic (exact) mass is 278 g/mol. The van der Waals surface area contributed by atoms with Crippen molar-refractivity contribution in [2.75, 3.05) is 16.6 Å². The summed E-state index contributed by atoms with van der Waals surface area (Å²) in [6, 6.07) is 6.26. The summed E-state index contributed by atoms with van der Waals surface area (Å²) in [5, 5.41) is 2.93. The first kappa shape index (κ1) is 13.3. The summed E-state index contributed by atoms with van der Waals surface area (Å²) in [5.41, 5.74) is 0.460. The molecule has 0 amide bonds. The highest BCUT2D eigenvalue weighted by atomic mass is 32.2. The molecular formula is C12H14N4O2S. The van der Waals surface area contributed by atoms with Crippen LogP contribution in [0.2, 0.25) is 0 Å². The lowest BCUT2D eigenvalue weighted by Crippen LogP contribution is -2.16. The van der Waals surface area contributed by atoms with Gasteiger partial charge in [-0.1, -0.05) is 0 Å². The van der Waals surface area contributed by atoms with Crippen LogP contribution in [0.25, 0.3) is 0 Å². The summed E-state index contributed by atoms with van der Waals surface area (Å²) in [7, 11) is -3.67. The lowest BCUT2D eigenvalue weighted by molar-refractivity contribution is 0.601. The molecule has 2 aromatic rings. The Balaban J connectivity index is 2.35. The van der Waals surface area contributed by atoms with E-state index in [4.69, 9.17) is 0 Å². The van der Waals surface area contributed by atoms with Crippen LogP contribution in [0.15, 0.2) is 47.8 Å². The second kappa shape index (κ2) is 5.66. The van der Waals surface area contributed by atoms with Gasteiger partial charge in [0.2, 0.25) is 0 Å². The van der Waals surface area contributed by atoms with Crippen molar-refractivity contribution in [3.05, 3.63) is 42.9 Å². The van der Waals surface area contributed by atoms with Crippen LogP contribution in [-0.2, 0) is 10.0 Å². The van der Waals surface area contributed by atoms with Crippen molar-refractivity contribution in [1.82, 2.24) is 9.97 Å². The van der Waals surface area contributed by atoms with Crippen molar-refractivity contribution < 1.29 is 8.42 Å². The summed E-state index contributed by atoms with van der Waals surface area (Å²) in [6.07, 6.45) is 4.59. The van der Waals surface area contributed by atoms with Gasteiger partial charge in [0.15, 0.2) is 0 Å². The van der Waals surface area contributed by atoms with Gasteiger partial charge in [0.05, 0.1) is 5.69 Å². The Morgan fingerprint density at radius 2 is 1.89 bits per heavy atom. The molecule has 0 fully saturated rings. The summed E-state index contributed by atoms with van der Waals surface area (Å²) < 4.78 is 27.1. The molecule has 2 aromatic heterocycles. The van der Waals surface area contributed by atoms with Gasteiger partial charge in [-0.25, -0.2) is 13.4 Å². The fourth-order valence-corrected chi connectivity index (χ4v) is 2.73. The highest BCUT2D eigenvalue weighted by Gasteiger charge is 2.19. The normalized spacial score (nSPS) is 11.0. The third-order valence-electron chi connectivity index (χ3n) is 2.34. The maximum Gasteiger partial charge on any atom is 0.265 e. The first-order chi connectivity index (χ1) is 9.13. The van der Waals surface area contributed by atoms with Gasteiger partial charge in [-0.2, -0.15) is 0 Å². The third-order valence-corrected chi connectivity index (χ3v) is 3.75. The number of hydrogen-bond acceptors (Lipinski definition) is 5. The lowest BCUT2D eigenvalue weighted by atomic mass is 10.4. The predicted molar refractivity (Wildman–Crippen MR) is 73.4 cm³/mol. The van der Waals surface area contributed by atoms with Crippen LogP contribution in [0.3, 0.4) is 0 Å². The molecule has 0 aliphatic rings. The zero-order valence-electron chi connectivity index (χ0n) is 10.4. The Hall–Kier alpha value is -2.15. The molecule has 2 heterocycles. The number of rotatable bonds is 5. The van der Waals surface area contributed by atoms with Crippen LogP contribution in [-0.4, -0.2) is 24.9 Å². The van der Waals surface area contributed by atoms with Crippen molar-refractivity contribution in [2.24, 2.45) is 0 Å².